The lowest BCUT2D eigenvalue weighted by Gasteiger charge is -2.32. The number of rotatable bonds is 3. The van der Waals surface area contributed by atoms with E-state index in [2.05, 4.69) is 26.5 Å². The highest BCUT2D eigenvalue weighted by atomic mass is 31.0. The van der Waals surface area contributed by atoms with Crippen molar-refractivity contribution in [2.24, 2.45) is 11.8 Å². The molecule has 4 heteroatoms. The molecule has 0 N–H and O–H groups in total. The fourth-order valence-electron chi connectivity index (χ4n) is 3.80. The summed E-state index contributed by atoms with van der Waals surface area (Å²) in [6, 6.07) is 0. The van der Waals surface area contributed by atoms with Crippen molar-refractivity contribution < 1.29 is 0 Å². The van der Waals surface area contributed by atoms with Gasteiger partial charge in [0, 0.05) is 6.20 Å². The number of nitrogens with zero attached hydrogens (tertiary/aromatic N) is 3. The summed E-state index contributed by atoms with van der Waals surface area (Å²) in [6.07, 6.45) is 19.1. The summed E-state index contributed by atoms with van der Waals surface area (Å²) in [5, 5.41) is 7.76. The minimum Gasteiger partial charge on any atom is -0.249 e. The van der Waals surface area contributed by atoms with Crippen molar-refractivity contribution in [3.8, 4) is 0 Å². The molecule has 0 radical (unpaired) electrons. The van der Waals surface area contributed by atoms with E-state index < -0.39 is 0 Å². The molecule has 3 rings (SSSR count). The van der Waals surface area contributed by atoms with Crippen LogP contribution in [0.25, 0.3) is 0 Å². The standard InChI is InChI=1S/C12H22.C5H10N3P/c1-3-7-11(8-4-1)12-9-5-2-6-10-12;1-2-5-3-8(4-9)7-6-5/h11-12H,1-10H2;3H,2,4,9H2,1H3. The average Bonchev–Trinajstić information content (AvgIpc) is 3.05. The van der Waals surface area contributed by atoms with Crippen molar-refractivity contribution in [3.63, 3.8) is 0 Å². The smallest absolute Gasteiger partial charge is 0.0824 e. The largest absolute Gasteiger partial charge is 0.249 e. The van der Waals surface area contributed by atoms with Crippen molar-refractivity contribution in [2.75, 3.05) is 0 Å². The molecule has 1 unspecified atom stereocenters. The van der Waals surface area contributed by atoms with Crippen LogP contribution >= 0.6 is 9.24 Å². The highest BCUT2D eigenvalue weighted by Crippen LogP contribution is 2.37. The first-order valence-electron chi connectivity index (χ1n) is 8.92. The Labute approximate surface area is 132 Å². The third-order valence-corrected chi connectivity index (χ3v) is 5.48. The predicted molar refractivity (Wildman–Crippen MR) is 92.3 cm³/mol. The Morgan fingerprint density at radius 3 is 1.86 bits per heavy atom. The van der Waals surface area contributed by atoms with E-state index in [0.29, 0.717) is 0 Å². The molecule has 2 aliphatic rings. The Bertz CT molecular complexity index is 345. The summed E-state index contributed by atoms with van der Waals surface area (Å²) >= 11 is 0. The molecule has 2 fully saturated rings. The van der Waals surface area contributed by atoms with E-state index in [9.17, 15) is 0 Å². The summed E-state index contributed by atoms with van der Waals surface area (Å²) < 4.78 is 1.80. The van der Waals surface area contributed by atoms with Gasteiger partial charge in [-0.1, -0.05) is 76.3 Å². The van der Waals surface area contributed by atoms with Crippen molar-refractivity contribution in [1.82, 2.24) is 15.0 Å². The van der Waals surface area contributed by atoms with Gasteiger partial charge in [-0.15, -0.1) is 14.3 Å². The molecule has 2 aliphatic carbocycles. The van der Waals surface area contributed by atoms with Gasteiger partial charge in [-0.3, -0.25) is 0 Å². The molecule has 120 valence electrons. The van der Waals surface area contributed by atoms with Gasteiger partial charge in [-0.2, -0.15) is 0 Å². The van der Waals surface area contributed by atoms with Crippen LogP contribution in [0.2, 0.25) is 0 Å². The van der Waals surface area contributed by atoms with E-state index >= 15 is 0 Å². The van der Waals surface area contributed by atoms with Crippen molar-refractivity contribution in [1.29, 1.82) is 0 Å². The monoisotopic (exact) mass is 309 g/mol. The van der Waals surface area contributed by atoms with E-state index in [0.717, 1.165) is 30.2 Å². The van der Waals surface area contributed by atoms with E-state index in [1.807, 2.05) is 6.20 Å². The van der Waals surface area contributed by atoms with E-state index in [-0.39, 0.29) is 0 Å². The molecule has 0 aromatic carbocycles. The van der Waals surface area contributed by atoms with Crippen molar-refractivity contribution >= 4 is 9.24 Å². The molecule has 2 saturated carbocycles. The lowest BCUT2D eigenvalue weighted by atomic mass is 9.73. The summed E-state index contributed by atoms with van der Waals surface area (Å²) in [4.78, 5) is 0. The molecule has 1 aromatic heterocycles. The van der Waals surface area contributed by atoms with Crippen LogP contribution in [0.1, 0.15) is 76.8 Å². The van der Waals surface area contributed by atoms with Gasteiger partial charge in [0.2, 0.25) is 0 Å². The highest BCUT2D eigenvalue weighted by molar-refractivity contribution is 7.15. The van der Waals surface area contributed by atoms with Crippen LogP contribution in [0.3, 0.4) is 0 Å². The normalized spacial score (nSPS) is 20.9. The van der Waals surface area contributed by atoms with Gasteiger partial charge in [0.15, 0.2) is 0 Å². The number of aromatic nitrogens is 3. The Morgan fingerprint density at radius 2 is 1.52 bits per heavy atom. The van der Waals surface area contributed by atoms with E-state index in [1.54, 1.807) is 30.4 Å². The molecule has 0 amide bonds. The molecular formula is C17H32N3P. The lowest BCUT2D eigenvalue weighted by Crippen LogP contribution is -2.20. The maximum atomic E-state index is 3.91. The van der Waals surface area contributed by atoms with Crippen LogP contribution in [0.4, 0.5) is 0 Å². The summed E-state index contributed by atoms with van der Waals surface area (Å²) in [7, 11) is 2.59. The number of hydrogen-bond acceptors (Lipinski definition) is 2. The van der Waals surface area contributed by atoms with E-state index in [1.165, 1.54) is 38.5 Å². The summed E-state index contributed by atoms with van der Waals surface area (Å²) in [6.45, 7) is 2.07. The second-order valence-corrected chi connectivity index (χ2v) is 6.95. The summed E-state index contributed by atoms with van der Waals surface area (Å²) in [5.41, 5.74) is 1.05. The van der Waals surface area contributed by atoms with Crippen LogP contribution < -0.4 is 0 Å². The fourth-order valence-corrected chi connectivity index (χ4v) is 3.98. The Hall–Kier alpha value is -0.430. The van der Waals surface area contributed by atoms with Crippen molar-refractivity contribution in [2.45, 2.75) is 83.8 Å². The zero-order valence-electron chi connectivity index (χ0n) is 13.6. The zero-order chi connectivity index (χ0) is 14.9. The molecule has 0 aliphatic heterocycles. The van der Waals surface area contributed by atoms with Crippen LogP contribution in [0.5, 0.6) is 0 Å². The van der Waals surface area contributed by atoms with Crippen LogP contribution in [0.15, 0.2) is 6.20 Å². The quantitative estimate of drug-likeness (QED) is 0.749. The Kier molecular flexibility index (Phi) is 7.71. The predicted octanol–water partition coefficient (Wildman–Crippen LogP) is 4.82. The maximum Gasteiger partial charge on any atom is 0.0824 e. The number of hydrogen-bond donors (Lipinski definition) is 0. The molecule has 3 nitrogen and oxygen atoms in total. The second kappa shape index (κ2) is 9.56. The lowest BCUT2D eigenvalue weighted by molar-refractivity contribution is 0.196. The second-order valence-electron chi connectivity index (χ2n) is 6.58. The molecular weight excluding hydrogens is 277 g/mol. The minimum atomic E-state index is 0.826. The van der Waals surface area contributed by atoms with Gasteiger partial charge in [0.1, 0.15) is 0 Å². The van der Waals surface area contributed by atoms with Crippen LogP contribution in [0, 0.1) is 11.8 Å². The first kappa shape index (κ1) is 16.9. The van der Waals surface area contributed by atoms with Crippen LogP contribution in [-0.2, 0) is 12.7 Å². The Balaban J connectivity index is 0.000000161. The molecule has 1 aromatic rings. The first-order valence-corrected chi connectivity index (χ1v) is 9.74. The SMILES string of the molecule is C1CCC(C2CCCCC2)CC1.CCc1cn(CP)nn1. The van der Waals surface area contributed by atoms with Gasteiger partial charge in [-0.05, 0) is 18.3 Å². The van der Waals surface area contributed by atoms with Gasteiger partial charge >= 0.3 is 0 Å². The van der Waals surface area contributed by atoms with Crippen molar-refractivity contribution in [3.05, 3.63) is 11.9 Å². The van der Waals surface area contributed by atoms with E-state index in [4.69, 9.17) is 0 Å². The fraction of sp³-hybridized carbons (Fsp3) is 0.882. The molecule has 0 spiro atoms. The molecule has 1 heterocycles. The average molecular weight is 309 g/mol. The first-order chi connectivity index (χ1) is 10.3. The Morgan fingerprint density at radius 1 is 1.00 bits per heavy atom. The third-order valence-electron chi connectivity index (χ3n) is 5.10. The van der Waals surface area contributed by atoms with Gasteiger partial charge in [0.05, 0.1) is 12.0 Å². The molecule has 1 atom stereocenters. The highest BCUT2D eigenvalue weighted by Gasteiger charge is 2.24. The topological polar surface area (TPSA) is 30.7 Å². The number of aryl methyl sites for hydroxylation is 1. The summed E-state index contributed by atoms with van der Waals surface area (Å²) in [5.74, 6) is 2.28. The van der Waals surface area contributed by atoms with Gasteiger partial charge in [0.25, 0.3) is 0 Å². The molecule has 0 bridgehead atoms. The zero-order valence-corrected chi connectivity index (χ0v) is 14.8. The van der Waals surface area contributed by atoms with Crippen LogP contribution in [-0.4, -0.2) is 15.0 Å². The van der Waals surface area contributed by atoms with Gasteiger partial charge < -0.3 is 0 Å². The minimum absolute atomic E-state index is 0.826. The molecule has 21 heavy (non-hydrogen) atoms. The maximum absolute atomic E-state index is 3.91. The molecule has 0 saturated heterocycles. The third kappa shape index (κ3) is 5.70. The van der Waals surface area contributed by atoms with Gasteiger partial charge in [-0.25, -0.2) is 4.68 Å².